The van der Waals surface area contributed by atoms with Gasteiger partial charge in [0.05, 0.1) is 13.0 Å². The molecular weight excluding hydrogens is 417 g/mol. The molecule has 0 aliphatic carbocycles. The first-order valence-corrected chi connectivity index (χ1v) is 11.4. The van der Waals surface area contributed by atoms with Crippen molar-refractivity contribution < 1.29 is 19.0 Å². The first-order chi connectivity index (χ1) is 15.9. The van der Waals surface area contributed by atoms with Gasteiger partial charge in [-0.15, -0.1) is 0 Å². The van der Waals surface area contributed by atoms with Crippen LogP contribution < -0.4 is 4.74 Å². The Kier molecular flexibility index (Phi) is 9.02. The maximum Gasteiger partial charge on any atom is 0.307 e. The molecule has 3 aromatic carbocycles. The maximum absolute atomic E-state index is 13.7. The van der Waals surface area contributed by atoms with E-state index in [4.69, 9.17) is 9.84 Å². The standard InChI is InChI=1S/C28H32FNO3/c1-21-16-24(12-13-27(21)29)20-30(19-22(2)25-9-4-3-5-10-25)14-7-15-33-26-11-6-8-23(17-26)18-28(31)32/h3-6,8-13,16-17,22H,7,14-15,18-20H2,1-2H3,(H,31,32). The van der Waals surface area contributed by atoms with E-state index in [0.29, 0.717) is 23.8 Å². The summed E-state index contributed by atoms with van der Waals surface area (Å²) in [5, 5.41) is 8.97. The second-order valence-electron chi connectivity index (χ2n) is 8.55. The number of benzene rings is 3. The van der Waals surface area contributed by atoms with Gasteiger partial charge in [-0.1, -0.05) is 61.5 Å². The fourth-order valence-electron chi connectivity index (χ4n) is 3.97. The Morgan fingerprint density at radius 1 is 1.03 bits per heavy atom. The summed E-state index contributed by atoms with van der Waals surface area (Å²) in [6.07, 6.45) is 0.810. The van der Waals surface area contributed by atoms with Gasteiger partial charge in [0.1, 0.15) is 11.6 Å². The van der Waals surface area contributed by atoms with Gasteiger partial charge >= 0.3 is 5.97 Å². The molecule has 0 saturated heterocycles. The van der Waals surface area contributed by atoms with Gasteiger partial charge in [-0.3, -0.25) is 9.69 Å². The second kappa shape index (κ2) is 12.2. The molecular formula is C28H32FNO3. The number of hydrogen-bond acceptors (Lipinski definition) is 3. The van der Waals surface area contributed by atoms with Crippen molar-refractivity contribution in [1.82, 2.24) is 4.90 Å². The molecule has 1 unspecified atom stereocenters. The monoisotopic (exact) mass is 449 g/mol. The van der Waals surface area contributed by atoms with E-state index < -0.39 is 5.97 Å². The van der Waals surface area contributed by atoms with Gasteiger partial charge in [0.25, 0.3) is 0 Å². The Labute approximate surface area is 195 Å². The quantitative estimate of drug-likeness (QED) is 0.353. The summed E-state index contributed by atoms with van der Waals surface area (Å²) in [4.78, 5) is 13.3. The van der Waals surface area contributed by atoms with Crippen molar-refractivity contribution in [2.45, 2.75) is 39.2 Å². The fraction of sp³-hybridized carbons (Fsp3) is 0.321. The summed E-state index contributed by atoms with van der Waals surface area (Å²) in [6.45, 7) is 7.02. The molecule has 0 heterocycles. The average molecular weight is 450 g/mol. The minimum atomic E-state index is -0.855. The number of aryl methyl sites for hydroxylation is 1. The van der Waals surface area contributed by atoms with Crippen LogP contribution in [0.5, 0.6) is 5.75 Å². The maximum atomic E-state index is 13.7. The Bertz CT molecular complexity index is 1040. The van der Waals surface area contributed by atoms with Crippen molar-refractivity contribution in [3.63, 3.8) is 0 Å². The summed E-state index contributed by atoms with van der Waals surface area (Å²) in [7, 11) is 0. The summed E-state index contributed by atoms with van der Waals surface area (Å²) < 4.78 is 19.6. The second-order valence-corrected chi connectivity index (χ2v) is 8.55. The van der Waals surface area contributed by atoms with Crippen LogP contribution in [-0.4, -0.2) is 35.7 Å². The molecule has 1 N–H and O–H groups in total. The van der Waals surface area contributed by atoms with E-state index in [2.05, 4.69) is 36.1 Å². The van der Waals surface area contributed by atoms with Crippen LogP contribution in [-0.2, 0) is 17.8 Å². The van der Waals surface area contributed by atoms with Crippen LogP contribution in [0.2, 0.25) is 0 Å². The van der Waals surface area contributed by atoms with E-state index in [1.165, 1.54) is 11.6 Å². The zero-order valence-electron chi connectivity index (χ0n) is 19.3. The number of rotatable bonds is 12. The summed E-state index contributed by atoms with van der Waals surface area (Å²) in [6, 6.07) is 23.0. The average Bonchev–Trinajstić information content (AvgIpc) is 2.79. The van der Waals surface area contributed by atoms with Crippen LogP contribution >= 0.6 is 0 Å². The van der Waals surface area contributed by atoms with Gasteiger partial charge in [-0.2, -0.15) is 0 Å². The van der Waals surface area contributed by atoms with Crippen molar-refractivity contribution in [2.75, 3.05) is 19.7 Å². The molecule has 0 radical (unpaired) electrons. The van der Waals surface area contributed by atoms with Crippen molar-refractivity contribution in [2.24, 2.45) is 0 Å². The predicted molar refractivity (Wildman–Crippen MR) is 129 cm³/mol. The molecule has 3 aromatic rings. The topological polar surface area (TPSA) is 49.8 Å². The summed E-state index contributed by atoms with van der Waals surface area (Å²) >= 11 is 0. The number of hydrogen-bond donors (Lipinski definition) is 1. The highest BCUT2D eigenvalue weighted by atomic mass is 19.1. The molecule has 0 aromatic heterocycles. The van der Waals surface area contributed by atoms with Crippen molar-refractivity contribution in [3.05, 3.63) is 101 Å². The summed E-state index contributed by atoms with van der Waals surface area (Å²) in [5.74, 6) is 0.0151. The molecule has 0 aliphatic rings. The van der Waals surface area contributed by atoms with Gasteiger partial charge < -0.3 is 9.84 Å². The number of carbonyl (C=O) groups is 1. The fourth-order valence-corrected chi connectivity index (χ4v) is 3.97. The smallest absolute Gasteiger partial charge is 0.307 e. The Hall–Kier alpha value is -3.18. The van der Waals surface area contributed by atoms with Gasteiger partial charge in [-0.05, 0) is 59.7 Å². The molecule has 5 heteroatoms. The molecule has 0 fully saturated rings. The molecule has 3 rings (SSSR count). The minimum Gasteiger partial charge on any atom is -0.494 e. The van der Waals surface area contributed by atoms with Crippen LogP contribution in [0, 0.1) is 12.7 Å². The molecule has 4 nitrogen and oxygen atoms in total. The number of aliphatic carboxylic acids is 1. The van der Waals surface area contributed by atoms with Crippen LogP contribution in [0.25, 0.3) is 0 Å². The molecule has 1 atom stereocenters. The minimum absolute atomic E-state index is 0.0144. The molecule has 0 amide bonds. The Morgan fingerprint density at radius 2 is 1.82 bits per heavy atom. The Morgan fingerprint density at radius 3 is 2.55 bits per heavy atom. The Balaban J connectivity index is 1.59. The molecule has 0 saturated carbocycles. The zero-order chi connectivity index (χ0) is 23.6. The highest BCUT2D eigenvalue weighted by molar-refractivity contribution is 5.70. The SMILES string of the molecule is Cc1cc(CN(CCCOc2cccc(CC(=O)O)c2)CC(C)c2ccccc2)ccc1F. The lowest BCUT2D eigenvalue weighted by Crippen LogP contribution is -2.29. The molecule has 174 valence electrons. The number of ether oxygens (including phenoxy) is 1. The molecule has 0 bridgehead atoms. The third kappa shape index (κ3) is 8.03. The summed E-state index contributed by atoms with van der Waals surface area (Å²) in [5.41, 5.74) is 3.78. The van der Waals surface area contributed by atoms with Crippen molar-refractivity contribution >= 4 is 5.97 Å². The normalized spacial score (nSPS) is 12.0. The largest absolute Gasteiger partial charge is 0.494 e. The van der Waals surface area contributed by atoms with Crippen molar-refractivity contribution in [1.29, 1.82) is 0 Å². The van der Waals surface area contributed by atoms with E-state index in [1.54, 1.807) is 19.1 Å². The molecule has 33 heavy (non-hydrogen) atoms. The highest BCUT2D eigenvalue weighted by Crippen LogP contribution is 2.19. The van der Waals surface area contributed by atoms with E-state index in [1.807, 2.05) is 30.3 Å². The van der Waals surface area contributed by atoms with Crippen molar-refractivity contribution in [3.8, 4) is 5.75 Å². The van der Waals surface area contributed by atoms with Crippen LogP contribution in [0.3, 0.4) is 0 Å². The number of carboxylic acids is 1. The third-order valence-electron chi connectivity index (χ3n) is 5.67. The van der Waals surface area contributed by atoms with Gasteiger partial charge in [0.2, 0.25) is 0 Å². The zero-order valence-corrected chi connectivity index (χ0v) is 19.3. The first kappa shape index (κ1) is 24.5. The number of carboxylic acid groups (broad SMARTS) is 1. The number of nitrogens with zero attached hydrogens (tertiary/aromatic N) is 1. The number of halogens is 1. The lowest BCUT2D eigenvalue weighted by atomic mass is 10.00. The van der Waals surface area contributed by atoms with Crippen LogP contribution in [0.15, 0.2) is 72.8 Å². The van der Waals surface area contributed by atoms with Crippen LogP contribution in [0.4, 0.5) is 4.39 Å². The van der Waals surface area contributed by atoms with Gasteiger partial charge in [0, 0.05) is 19.6 Å². The molecule has 0 aliphatic heterocycles. The third-order valence-corrected chi connectivity index (χ3v) is 5.67. The van der Waals surface area contributed by atoms with E-state index in [-0.39, 0.29) is 12.2 Å². The molecule has 0 spiro atoms. The lowest BCUT2D eigenvalue weighted by Gasteiger charge is -2.26. The highest BCUT2D eigenvalue weighted by Gasteiger charge is 2.13. The van der Waals surface area contributed by atoms with Gasteiger partial charge in [-0.25, -0.2) is 4.39 Å². The predicted octanol–water partition coefficient (Wildman–Crippen LogP) is 5.84. The first-order valence-electron chi connectivity index (χ1n) is 11.4. The van der Waals surface area contributed by atoms with E-state index in [9.17, 15) is 9.18 Å². The van der Waals surface area contributed by atoms with E-state index >= 15 is 0 Å². The lowest BCUT2D eigenvalue weighted by molar-refractivity contribution is -0.136. The van der Waals surface area contributed by atoms with Gasteiger partial charge in [0.15, 0.2) is 0 Å². The van der Waals surface area contributed by atoms with E-state index in [0.717, 1.165) is 37.2 Å². The van der Waals surface area contributed by atoms with Crippen LogP contribution in [0.1, 0.15) is 41.5 Å².